The first-order valence-corrected chi connectivity index (χ1v) is 6.75. The van der Waals surface area contributed by atoms with Gasteiger partial charge in [0.05, 0.1) is 23.4 Å². The minimum absolute atomic E-state index is 0.188. The molecule has 1 amide bonds. The van der Waals surface area contributed by atoms with E-state index in [2.05, 4.69) is 15.3 Å². The zero-order valence-corrected chi connectivity index (χ0v) is 11.7. The Morgan fingerprint density at radius 3 is 2.86 bits per heavy atom. The number of nitrogens with one attached hydrogen (secondary N) is 1. The highest BCUT2D eigenvalue weighted by Gasteiger charge is 2.17. The summed E-state index contributed by atoms with van der Waals surface area (Å²) in [4.78, 5) is 20.8. The van der Waals surface area contributed by atoms with E-state index in [4.69, 9.17) is 4.74 Å². The van der Waals surface area contributed by atoms with E-state index in [-0.39, 0.29) is 5.91 Å². The molecule has 21 heavy (non-hydrogen) atoms. The molecule has 3 rings (SSSR count). The molecule has 0 fully saturated rings. The number of ether oxygens (including phenoxy) is 1. The summed E-state index contributed by atoms with van der Waals surface area (Å²) in [6.45, 7) is 3.05. The molecular weight excluding hydrogens is 266 g/mol. The van der Waals surface area contributed by atoms with Crippen LogP contribution in [0.15, 0.2) is 47.6 Å². The van der Waals surface area contributed by atoms with Crippen molar-refractivity contribution < 1.29 is 9.53 Å². The van der Waals surface area contributed by atoms with E-state index in [1.807, 2.05) is 31.2 Å². The molecule has 0 saturated carbocycles. The number of carbonyl (C=O) groups is 1. The summed E-state index contributed by atoms with van der Waals surface area (Å²) in [6, 6.07) is 11.0. The molecular formula is C16H15N3O2. The van der Waals surface area contributed by atoms with Crippen LogP contribution in [-0.2, 0) is 4.74 Å². The van der Waals surface area contributed by atoms with Gasteiger partial charge in [0.25, 0.3) is 5.91 Å². The van der Waals surface area contributed by atoms with Crippen LogP contribution < -0.4 is 5.32 Å². The number of hydrogen-bond donors (Lipinski definition) is 1. The van der Waals surface area contributed by atoms with Gasteiger partial charge in [-0.1, -0.05) is 12.1 Å². The topological polar surface area (TPSA) is 63.6 Å². The van der Waals surface area contributed by atoms with Gasteiger partial charge >= 0.3 is 0 Å². The van der Waals surface area contributed by atoms with Crippen molar-refractivity contribution in [2.75, 3.05) is 18.5 Å². The lowest BCUT2D eigenvalue weighted by Gasteiger charge is -2.11. The first-order chi connectivity index (χ1) is 10.3. The minimum atomic E-state index is -0.188. The number of aliphatic imine (C=N–C) groups is 1. The summed E-state index contributed by atoms with van der Waals surface area (Å²) in [5, 5.41) is 2.90. The Morgan fingerprint density at radius 2 is 2.10 bits per heavy atom. The van der Waals surface area contributed by atoms with Crippen molar-refractivity contribution in [3.05, 3.63) is 59.4 Å². The fourth-order valence-corrected chi connectivity index (χ4v) is 2.19. The Kier molecular flexibility index (Phi) is 3.64. The van der Waals surface area contributed by atoms with Gasteiger partial charge in [-0.25, -0.2) is 4.99 Å². The normalized spacial score (nSPS) is 13.5. The molecule has 1 aromatic carbocycles. The summed E-state index contributed by atoms with van der Waals surface area (Å²) >= 11 is 0. The van der Waals surface area contributed by atoms with Crippen LogP contribution in [0.5, 0.6) is 0 Å². The number of para-hydroxylation sites is 1. The van der Waals surface area contributed by atoms with Gasteiger partial charge in [-0.3, -0.25) is 9.78 Å². The Morgan fingerprint density at radius 1 is 1.24 bits per heavy atom. The van der Waals surface area contributed by atoms with Crippen LogP contribution >= 0.6 is 0 Å². The van der Waals surface area contributed by atoms with E-state index in [1.165, 1.54) is 0 Å². The van der Waals surface area contributed by atoms with Crippen molar-refractivity contribution in [3.8, 4) is 0 Å². The second kappa shape index (κ2) is 5.75. The molecule has 0 bridgehead atoms. The van der Waals surface area contributed by atoms with E-state index in [9.17, 15) is 4.79 Å². The molecule has 0 aliphatic carbocycles. The second-order valence-electron chi connectivity index (χ2n) is 4.67. The molecule has 0 spiro atoms. The van der Waals surface area contributed by atoms with E-state index in [1.54, 1.807) is 18.3 Å². The Labute approximate surface area is 122 Å². The minimum Gasteiger partial charge on any atom is -0.475 e. The molecule has 1 aliphatic heterocycles. The van der Waals surface area contributed by atoms with Crippen LogP contribution in [0.2, 0.25) is 0 Å². The van der Waals surface area contributed by atoms with E-state index < -0.39 is 0 Å². The summed E-state index contributed by atoms with van der Waals surface area (Å²) in [7, 11) is 0. The van der Waals surface area contributed by atoms with Gasteiger partial charge in [-0.15, -0.1) is 0 Å². The molecule has 1 N–H and O–H groups in total. The van der Waals surface area contributed by atoms with Crippen LogP contribution in [0, 0.1) is 6.92 Å². The highest BCUT2D eigenvalue weighted by Crippen LogP contribution is 2.20. The summed E-state index contributed by atoms with van der Waals surface area (Å²) in [6.07, 6.45) is 1.67. The Balaban J connectivity index is 1.89. The fourth-order valence-electron chi connectivity index (χ4n) is 2.19. The maximum Gasteiger partial charge on any atom is 0.257 e. The molecule has 106 valence electrons. The lowest BCUT2D eigenvalue weighted by molar-refractivity contribution is 0.102. The number of anilines is 1. The summed E-state index contributed by atoms with van der Waals surface area (Å²) in [5.74, 6) is 0.389. The predicted octanol–water partition coefficient (Wildman–Crippen LogP) is 2.42. The van der Waals surface area contributed by atoms with Gasteiger partial charge in [0.2, 0.25) is 5.90 Å². The third-order valence-corrected chi connectivity index (χ3v) is 3.24. The van der Waals surface area contributed by atoms with Crippen molar-refractivity contribution in [2.24, 2.45) is 4.99 Å². The number of pyridine rings is 1. The number of hydrogen-bond acceptors (Lipinski definition) is 4. The predicted molar refractivity (Wildman–Crippen MR) is 80.7 cm³/mol. The van der Waals surface area contributed by atoms with Gasteiger partial charge in [0.1, 0.15) is 6.61 Å². The standard InChI is InChI=1S/C16H15N3O2/c1-11-12(6-4-8-17-11)15(20)19-14-7-3-2-5-13(14)16-18-9-10-21-16/h2-8H,9-10H2,1H3,(H,19,20). The molecule has 5 nitrogen and oxygen atoms in total. The van der Waals surface area contributed by atoms with Crippen molar-refractivity contribution >= 4 is 17.5 Å². The molecule has 0 unspecified atom stereocenters. The number of aromatic nitrogens is 1. The number of nitrogens with zero attached hydrogens (tertiary/aromatic N) is 2. The van der Waals surface area contributed by atoms with E-state index in [0.29, 0.717) is 36.0 Å². The Bertz CT molecular complexity index is 710. The second-order valence-corrected chi connectivity index (χ2v) is 4.67. The van der Waals surface area contributed by atoms with Crippen LogP contribution in [0.4, 0.5) is 5.69 Å². The van der Waals surface area contributed by atoms with Crippen molar-refractivity contribution in [1.82, 2.24) is 4.98 Å². The molecule has 2 aromatic rings. The fraction of sp³-hybridized carbons (Fsp3) is 0.188. The van der Waals surface area contributed by atoms with E-state index >= 15 is 0 Å². The van der Waals surface area contributed by atoms with Crippen LogP contribution in [0.3, 0.4) is 0 Å². The van der Waals surface area contributed by atoms with Crippen molar-refractivity contribution in [3.63, 3.8) is 0 Å². The maximum atomic E-state index is 12.4. The third-order valence-electron chi connectivity index (χ3n) is 3.24. The quantitative estimate of drug-likeness (QED) is 0.939. The molecule has 5 heteroatoms. The average Bonchev–Trinajstić information content (AvgIpc) is 3.02. The number of carbonyl (C=O) groups excluding carboxylic acids is 1. The molecule has 0 atom stereocenters. The number of benzene rings is 1. The van der Waals surface area contributed by atoms with Gasteiger partial charge in [-0.05, 0) is 31.2 Å². The van der Waals surface area contributed by atoms with Gasteiger partial charge in [0, 0.05) is 11.9 Å². The van der Waals surface area contributed by atoms with Gasteiger partial charge in [-0.2, -0.15) is 0 Å². The van der Waals surface area contributed by atoms with Crippen molar-refractivity contribution in [1.29, 1.82) is 0 Å². The number of aryl methyl sites for hydroxylation is 1. The molecule has 1 aromatic heterocycles. The largest absolute Gasteiger partial charge is 0.475 e. The monoisotopic (exact) mass is 281 g/mol. The Hall–Kier alpha value is -2.69. The van der Waals surface area contributed by atoms with Crippen LogP contribution in [-0.4, -0.2) is 29.9 Å². The molecule has 2 heterocycles. The smallest absolute Gasteiger partial charge is 0.257 e. The maximum absolute atomic E-state index is 12.4. The first-order valence-electron chi connectivity index (χ1n) is 6.75. The molecule has 1 aliphatic rings. The lowest BCUT2D eigenvalue weighted by Crippen LogP contribution is -2.16. The third kappa shape index (κ3) is 2.76. The lowest BCUT2D eigenvalue weighted by atomic mass is 10.1. The van der Waals surface area contributed by atoms with Gasteiger partial charge in [0.15, 0.2) is 0 Å². The summed E-state index contributed by atoms with van der Waals surface area (Å²) < 4.78 is 5.48. The SMILES string of the molecule is Cc1ncccc1C(=O)Nc1ccccc1C1=NCCO1. The number of amides is 1. The zero-order valence-electron chi connectivity index (χ0n) is 11.7. The number of rotatable bonds is 3. The first kappa shape index (κ1) is 13.3. The highest BCUT2D eigenvalue weighted by molar-refractivity contribution is 6.09. The van der Waals surface area contributed by atoms with Crippen molar-refractivity contribution in [2.45, 2.75) is 6.92 Å². The van der Waals surface area contributed by atoms with Crippen LogP contribution in [0.1, 0.15) is 21.6 Å². The van der Waals surface area contributed by atoms with E-state index in [0.717, 1.165) is 5.56 Å². The van der Waals surface area contributed by atoms with Crippen LogP contribution in [0.25, 0.3) is 0 Å². The van der Waals surface area contributed by atoms with Gasteiger partial charge < -0.3 is 10.1 Å². The molecule has 0 radical (unpaired) electrons. The zero-order chi connectivity index (χ0) is 14.7. The highest BCUT2D eigenvalue weighted by atomic mass is 16.5. The molecule has 0 saturated heterocycles. The summed E-state index contributed by atoms with van der Waals surface area (Å²) in [5.41, 5.74) is 2.74. The average molecular weight is 281 g/mol.